The molecule has 1 aromatic heterocycles. The Kier molecular flexibility index (Phi) is 3.43. The van der Waals surface area contributed by atoms with Crippen LogP contribution in [0.2, 0.25) is 0 Å². The molecule has 1 rings (SSSR count). The third-order valence-electron chi connectivity index (χ3n) is 2.02. The van der Waals surface area contributed by atoms with Crippen LogP contribution in [0.5, 0.6) is 5.75 Å². The first-order chi connectivity index (χ1) is 6.61. The molecule has 2 N–H and O–H groups in total. The zero-order valence-electron chi connectivity index (χ0n) is 8.74. The summed E-state index contributed by atoms with van der Waals surface area (Å²) < 4.78 is 5.13. The SMILES string of the molecule is CNCC(C)(O)c1ncccc1OC. The highest BCUT2D eigenvalue weighted by molar-refractivity contribution is 5.31. The van der Waals surface area contributed by atoms with E-state index in [2.05, 4.69) is 10.3 Å². The number of hydrogen-bond acceptors (Lipinski definition) is 4. The van der Waals surface area contributed by atoms with E-state index in [0.29, 0.717) is 18.0 Å². The van der Waals surface area contributed by atoms with Crippen molar-refractivity contribution in [1.29, 1.82) is 0 Å². The number of nitrogens with zero attached hydrogens (tertiary/aromatic N) is 1. The number of aliphatic hydroxyl groups is 1. The van der Waals surface area contributed by atoms with Crippen molar-refractivity contribution in [1.82, 2.24) is 10.3 Å². The van der Waals surface area contributed by atoms with Crippen LogP contribution in [0.25, 0.3) is 0 Å². The van der Waals surface area contributed by atoms with Crippen molar-refractivity contribution in [2.45, 2.75) is 12.5 Å². The third kappa shape index (κ3) is 2.21. The summed E-state index contributed by atoms with van der Waals surface area (Å²) in [6, 6.07) is 3.56. The molecule has 0 saturated heterocycles. The second kappa shape index (κ2) is 4.39. The lowest BCUT2D eigenvalue weighted by atomic mass is 10.0. The summed E-state index contributed by atoms with van der Waals surface area (Å²) in [7, 11) is 3.35. The quantitative estimate of drug-likeness (QED) is 0.737. The number of aromatic nitrogens is 1. The Morgan fingerprint density at radius 2 is 2.36 bits per heavy atom. The first kappa shape index (κ1) is 10.9. The van der Waals surface area contributed by atoms with Crippen LogP contribution in [0, 0.1) is 0 Å². The van der Waals surface area contributed by atoms with Gasteiger partial charge in [-0.15, -0.1) is 0 Å². The molecule has 1 aromatic rings. The van der Waals surface area contributed by atoms with Crippen LogP contribution >= 0.6 is 0 Å². The lowest BCUT2D eigenvalue weighted by Crippen LogP contribution is -2.34. The molecule has 1 heterocycles. The lowest BCUT2D eigenvalue weighted by Gasteiger charge is -2.23. The van der Waals surface area contributed by atoms with Gasteiger partial charge in [0.2, 0.25) is 0 Å². The van der Waals surface area contributed by atoms with E-state index in [9.17, 15) is 5.11 Å². The van der Waals surface area contributed by atoms with E-state index in [4.69, 9.17) is 4.74 Å². The van der Waals surface area contributed by atoms with Gasteiger partial charge < -0.3 is 15.2 Å². The topological polar surface area (TPSA) is 54.4 Å². The van der Waals surface area contributed by atoms with E-state index in [-0.39, 0.29) is 0 Å². The van der Waals surface area contributed by atoms with E-state index < -0.39 is 5.60 Å². The maximum atomic E-state index is 10.1. The molecule has 4 heteroatoms. The van der Waals surface area contributed by atoms with Gasteiger partial charge in [-0.05, 0) is 26.1 Å². The molecule has 0 aliphatic rings. The molecule has 0 aliphatic heterocycles. The number of pyridine rings is 1. The average molecular weight is 196 g/mol. The third-order valence-corrected chi connectivity index (χ3v) is 2.02. The van der Waals surface area contributed by atoms with Crippen molar-refractivity contribution in [3.63, 3.8) is 0 Å². The van der Waals surface area contributed by atoms with Gasteiger partial charge in [-0.3, -0.25) is 4.98 Å². The zero-order chi connectivity index (χ0) is 10.6. The smallest absolute Gasteiger partial charge is 0.143 e. The second-order valence-electron chi connectivity index (χ2n) is 3.36. The molecule has 78 valence electrons. The van der Waals surface area contributed by atoms with Crippen LogP contribution in [0.15, 0.2) is 18.3 Å². The molecule has 0 amide bonds. The first-order valence-electron chi connectivity index (χ1n) is 4.48. The number of nitrogens with one attached hydrogen (secondary N) is 1. The fourth-order valence-electron chi connectivity index (χ4n) is 1.39. The summed E-state index contributed by atoms with van der Waals surface area (Å²) in [5.74, 6) is 0.604. The van der Waals surface area contributed by atoms with Crippen LogP contribution in [0.3, 0.4) is 0 Å². The molecule has 0 radical (unpaired) electrons. The Bertz CT molecular complexity index is 300. The minimum absolute atomic E-state index is 0.431. The monoisotopic (exact) mass is 196 g/mol. The van der Waals surface area contributed by atoms with Crippen LogP contribution in [-0.2, 0) is 5.60 Å². The Morgan fingerprint density at radius 1 is 1.64 bits per heavy atom. The molecular formula is C10H16N2O2. The Morgan fingerprint density at radius 3 is 2.93 bits per heavy atom. The maximum Gasteiger partial charge on any atom is 0.143 e. The normalized spacial score (nSPS) is 14.9. The number of rotatable bonds is 4. The molecule has 1 unspecified atom stereocenters. The summed E-state index contributed by atoms with van der Waals surface area (Å²) in [6.45, 7) is 2.13. The summed E-state index contributed by atoms with van der Waals surface area (Å²) in [6.07, 6.45) is 1.64. The van der Waals surface area contributed by atoms with Gasteiger partial charge in [-0.2, -0.15) is 0 Å². The molecule has 0 aliphatic carbocycles. The Hall–Kier alpha value is -1.13. The fourth-order valence-corrected chi connectivity index (χ4v) is 1.39. The van der Waals surface area contributed by atoms with Gasteiger partial charge >= 0.3 is 0 Å². The van der Waals surface area contributed by atoms with Gasteiger partial charge in [0.1, 0.15) is 17.0 Å². The lowest BCUT2D eigenvalue weighted by molar-refractivity contribution is 0.0518. The van der Waals surface area contributed by atoms with Gasteiger partial charge in [0.05, 0.1) is 7.11 Å². The minimum Gasteiger partial charge on any atom is -0.495 e. The van der Waals surface area contributed by atoms with Gasteiger partial charge in [-0.25, -0.2) is 0 Å². The molecule has 1 atom stereocenters. The highest BCUT2D eigenvalue weighted by Crippen LogP contribution is 2.26. The molecule has 0 spiro atoms. The van der Waals surface area contributed by atoms with E-state index in [1.54, 1.807) is 39.4 Å². The molecule has 0 aromatic carbocycles. The average Bonchev–Trinajstić information content (AvgIpc) is 2.18. The summed E-state index contributed by atoms with van der Waals surface area (Å²) >= 11 is 0. The summed E-state index contributed by atoms with van der Waals surface area (Å²) in [5.41, 5.74) is -0.460. The van der Waals surface area contributed by atoms with E-state index in [1.807, 2.05) is 0 Å². The van der Waals surface area contributed by atoms with Crippen LogP contribution in [0.1, 0.15) is 12.6 Å². The highest BCUT2D eigenvalue weighted by atomic mass is 16.5. The Balaban J connectivity index is 3.04. The standard InChI is InChI=1S/C10H16N2O2/c1-10(13,7-11-2)9-8(14-3)5-4-6-12-9/h4-6,11,13H,7H2,1-3H3. The van der Waals surface area contributed by atoms with Crippen LogP contribution in [0.4, 0.5) is 0 Å². The summed E-state index contributed by atoms with van der Waals surface area (Å²) in [5, 5.41) is 13.0. The fraction of sp³-hybridized carbons (Fsp3) is 0.500. The molecule has 0 fully saturated rings. The van der Waals surface area contributed by atoms with Crippen molar-refractivity contribution in [2.75, 3.05) is 20.7 Å². The van der Waals surface area contributed by atoms with Crippen molar-refractivity contribution < 1.29 is 9.84 Å². The predicted octanol–water partition coefficient (Wildman–Crippen LogP) is 0.517. The molecule has 14 heavy (non-hydrogen) atoms. The van der Waals surface area contributed by atoms with E-state index >= 15 is 0 Å². The van der Waals surface area contributed by atoms with Crippen LogP contribution < -0.4 is 10.1 Å². The van der Waals surface area contributed by atoms with E-state index in [0.717, 1.165) is 0 Å². The van der Waals surface area contributed by atoms with Gasteiger partial charge in [0.15, 0.2) is 0 Å². The van der Waals surface area contributed by atoms with Crippen molar-refractivity contribution in [2.24, 2.45) is 0 Å². The molecule has 0 bridgehead atoms. The molecule has 4 nitrogen and oxygen atoms in total. The number of ether oxygens (including phenoxy) is 1. The number of hydrogen-bond donors (Lipinski definition) is 2. The van der Waals surface area contributed by atoms with Gasteiger partial charge in [0.25, 0.3) is 0 Å². The molecule has 0 saturated carbocycles. The first-order valence-corrected chi connectivity index (χ1v) is 4.48. The van der Waals surface area contributed by atoms with Crippen molar-refractivity contribution >= 4 is 0 Å². The minimum atomic E-state index is -1.01. The second-order valence-corrected chi connectivity index (χ2v) is 3.36. The summed E-state index contributed by atoms with van der Waals surface area (Å²) in [4.78, 5) is 4.12. The van der Waals surface area contributed by atoms with Crippen molar-refractivity contribution in [3.8, 4) is 5.75 Å². The van der Waals surface area contributed by atoms with E-state index in [1.165, 1.54) is 0 Å². The largest absolute Gasteiger partial charge is 0.495 e. The number of methoxy groups -OCH3 is 1. The van der Waals surface area contributed by atoms with Gasteiger partial charge in [-0.1, -0.05) is 0 Å². The van der Waals surface area contributed by atoms with Crippen molar-refractivity contribution in [3.05, 3.63) is 24.0 Å². The maximum absolute atomic E-state index is 10.1. The predicted molar refractivity (Wildman–Crippen MR) is 54.3 cm³/mol. The number of likely N-dealkylation sites (N-methyl/N-ethyl adjacent to an activating group) is 1. The highest BCUT2D eigenvalue weighted by Gasteiger charge is 2.27. The Labute approximate surface area is 83.9 Å². The van der Waals surface area contributed by atoms with Gasteiger partial charge in [0, 0.05) is 12.7 Å². The molecular weight excluding hydrogens is 180 g/mol. The zero-order valence-corrected chi connectivity index (χ0v) is 8.74. The van der Waals surface area contributed by atoms with Crippen LogP contribution in [-0.4, -0.2) is 30.8 Å².